The van der Waals surface area contributed by atoms with Crippen LogP contribution in [0.3, 0.4) is 0 Å². The molecule has 1 aliphatic rings. The van der Waals surface area contributed by atoms with Gasteiger partial charge in [0.15, 0.2) is 17.2 Å². The van der Waals surface area contributed by atoms with Gasteiger partial charge in [0, 0.05) is 28.8 Å². The molecule has 0 saturated heterocycles. The Labute approximate surface area is 232 Å². The van der Waals surface area contributed by atoms with E-state index in [0.717, 1.165) is 28.1 Å². The first kappa shape index (κ1) is 28.4. The Morgan fingerprint density at radius 3 is 1.97 bits per heavy atom. The van der Waals surface area contributed by atoms with Gasteiger partial charge in [-0.05, 0) is 71.9 Å². The number of nitrogens with zero attached hydrogens (tertiary/aromatic N) is 1. The highest BCUT2D eigenvalue weighted by atomic mass is 32.2. The average molecular weight is 549 g/mol. The van der Waals surface area contributed by atoms with E-state index >= 15 is 0 Å². The Bertz CT molecular complexity index is 1520. The number of hydrogen-bond acceptors (Lipinski definition) is 5. The van der Waals surface area contributed by atoms with E-state index in [-0.39, 0.29) is 9.79 Å². The summed E-state index contributed by atoms with van der Waals surface area (Å²) in [5, 5.41) is 0. The van der Waals surface area contributed by atoms with Gasteiger partial charge >= 0.3 is 0 Å². The molecule has 0 spiro atoms. The molecule has 0 N–H and O–H groups in total. The van der Waals surface area contributed by atoms with Crippen LogP contribution in [0.2, 0.25) is 0 Å². The average Bonchev–Trinajstić information content (AvgIpc) is 3.16. The van der Waals surface area contributed by atoms with Gasteiger partial charge < -0.3 is 14.2 Å². The second-order valence-corrected chi connectivity index (χ2v) is 11.7. The van der Waals surface area contributed by atoms with Crippen molar-refractivity contribution in [3.63, 3.8) is 0 Å². The summed E-state index contributed by atoms with van der Waals surface area (Å²) in [7, 11) is -3.66. The summed E-state index contributed by atoms with van der Waals surface area (Å²) in [6, 6.07) is 17.8. The topological polar surface area (TPSA) is 64.8 Å². The smallest absolute Gasteiger partial charge is 0.209 e. The molecule has 0 unspecified atom stereocenters. The zero-order chi connectivity index (χ0) is 28.4. The van der Waals surface area contributed by atoms with Crippen LogP contribution in [0.25, 0.3) is 5.57 Å². The van der Waals surface area contributed by atoms with E-state index in [1.807, 2.05) is 51.1 Å². The van der Waals surface area contributed by atoms with Crippen LogP contribution in [-0.4, -0.2) is 45.1 Å². The van der Waals surface area contributed by atoms with Crippen molar-refractivity contribution in [2.45, 2.75) is 56.7 Å². The van der Waals surface area contributed by atoms with Crippen molar-refractivity contribution >= 4 is 26.8 Å². The van der Waals surface area contributed by atoms with Crippen LogP contribution in [0, 0.1) is 0 Å². The van der Waals surface area contributed by atoms with Gasteiger partial charge in [-0.25, -0.2) is 8.42 Å². The molecule has 6 nitrogen and oxygen atoms in total. The van der Waals surface area contributed by atoms with Crippen molar-refractivity contribution in [3.05, 3.63) is 78.4 Å². The number of allylic oxidation sites excluding steroid dienone is 1. The second-order valence-electron chi connectivity index (χ2n) is 9.79. The van der Waals surface area contributed by atoms with Gasteiger partial charge in [-0.1, -0.05) is 24.8 Å². The number of ether oxygens (including phenoxy) is 3. The van der Waals surface area contributed by atoms with Gasteiger partial charge in [0.25, 0.3) is 0 Å². The lowest BCUT2D eigenvalue weighted by Gasteiger charge is -2.22. The minimum Gasteiger partial charge on any atom is -0.493 e. The quantitative estimate of drug-likeness (QED) is 0.246. The third-order valence-corrected chi connectivity index (χ3v) is 8.80. The maximum atomic E-state index is 13.5. The lowest BCUT2D eigenvalue weighted by Crippen LogP contribution is -2.30. The van der Waals surface area contributed by atoms with Gasteiger partial charge in [-0.2, -0.15) is 4.58 Å². The fraction of sp³-hybridized carbons (Fsp3) is 0.344. The summed E-state index contributed by atoms with van der Waals surface area (Å²) >= 11 is 0. The van der Waals surface area contributed by atoms with Crippen LogP contribution in [0.1, 0.15) is 52.7 Å². The second kappa shape index (κ2) is 11.3. The van der Waals surface area contributed by atoms with Crippen molar-refractivity contribution in [1.82, 2.24) is 0 Å². The molecule has 0 aliphatic carbocycles. The van der Waals surface area contributed by atoms with E-state index in [1.54, 1.807) is 30.3 Å². The monoisotopic (exact) mass is 548 g/mol. The normalized spacial score (nSPS) is 14.2. The SMILES string of the molecule is C=C(C1=[N+](CC)c2ccc(S(=O)(=O)c3ccccc3)cc2C1(C)C)c1cc(OCC)c(OCC)cc1OCC. The van der Waals surface area contributed by atoms with E-state index in [2.05, 4.69) is 31.9 Å². The number of rotatable bonds is 11. The predicted molar refractivity (Wildman–Crippen MR) is 156 cm³/mol. The number of hydrogen-bond donors (Lipinski definition) is 0. The molecule has 0 atom stereocenters. The minimum atomic E-state index is -3.66. The van der Waals surface area contributed by atoms with Gasteiger partial charge in [-0.3, -0.25) is 0 Å². The van der Waals surface area contributed by atoms with Crippen LogP contribution in [0.5, 0.6) is 17.2 Å². The van der Waals surface area contributed by atoms with Crippen LogP contribution in [0.15, 0.2) is 77.0 Å². The maximum Gasteiger partial charge on any atom is 0.209 e. The first-order valence-corrected chi connectivity index (χ1v) is 15.0. The highest BCUT2D eigenvalue weighted by Crippen LogP contribution is 2.47. The van der Waals surface area contributed by atoms with E-state index in [9.17, 15) is 8.42 Å². The van der Waals surface area contributed by atoms with Crippen molar-refractivity contribution < 1.29 is 27.2 Å². The molecule has 0 radical (unpaired) electrons. The Balaban J connectivity index is 1.85. The number of fused-ring (bicyclic) bond motifs is 1. The van der Waals surface area contributed by atoms with E-state index < -0.39 is 15.3 Å². The van der Waals surface area contributed by atoms with Gasteiger partial charge in [0.1, 0.15) is 12.3 Å². The highest BCUT2D eigenvalue weighted by Gasteiger charge is 2.47. The lowest BCUT2D eigenvalue weighted by atomic mass is 9.77. The van der Waals surface area contributed by atoms with Crippen LogP contribution in [0.4, 0.5) is 5.69 Å². The first-order chi connectivity index (χ1) is 18.6. The van der Waals surface area contributed by atoms with Gasteiger partial charge in [0.2, 0.25) is 15.5 Å². The molecule has 1 heterocycles. The minimum absolute atomic E-state index is 0.276. The standard InChI is InChI=1S/C32H38NO5S/c1-8-33-27-18-17-24(39(34,35)23-15-13-12-14-16-23)19-26(27)32(6,7)31(33)22(5)25-20-29(37-10-3)30(38-11-4)21-28(25)36-9-2/h12-21H,5,8-11H2,1-4,6-7H3/q+1. The molecular formula is C32H38NO5S+. The van der Waals surface area contributed by atoms with E-state index in [4.69, 9.17) is 14.2 Å². The Hall–Kier alpha value is -3.58. The van der Waals surface area contributed by atoms with Crippen LogP contribution >= 0.6 is 0 Å². The molecule has 206 valence electrons. The third kappa shape index (κ3) is 5.08. The number of benzene rings is 3. The summed E-state index contributed by atoms with van der Waals surface area (Å²) in [4.78, 5) is 0.555. The summed E-state index contributed by atoms with van der Waals surface area (Å²) in [5.41, 5.74) is 3.97. The van der Waals surface area contributed by atoms with Gasteiger partial charge in [-0.15, -0.1) is 0 Å². The predicted octanol–water partition coefficient (Wildman–Crippen LogP) is 6.83. The van der Waals surface area contributed by atoms with E-state index in [0.29, 0.717) is 43.6 Å². The first-order valence-electron chi connectivity index (χ1n) is 13.5. The molecule has 1 aliphatic heterocycles. The number of sulfone groups is 1. The summed E-state index contributed by atoms with van der Waals surface area (Å²) in [5.74, 6) is 1.92. The van der Waals surface area contributed by atoms with Crippen molar-refractivity contribution in [2.24, 2.45) is 0 Å². The molecule has 3 aromatic carbocycles. The molecule has 39 heavy (non-hydrogen) atoms. The Kier molecular flexibility index (Phi) is 8.21. The van der Waals surface area contributed by atoms with Crippen molar-refractivity contribution in [1.29, 1.82) is 0 Å². The largest absolute Gasteiger partial charge is 0.493 e. The van der Waals surface area contributed by atoms with Crippen molar-refractivity contribution in [3.8, 4) is 17.2 Å². The fourth-order valence-corrected chi connectivity index (χ4v) is 6.63. The summed E-state index contributed by atoms with van der Waals surface area (Å²) < 4.78 is 46.9. The van der Waals surface area contributed by atoms with Crippen LogP contribution in [-0.2, 0) is 15.3 Å². The zero-order valence-corrected chi connectivity index (χ0v) is 24.5. The molecular weight excluding hydrogens is 510 g/mol. The fourth-order valence-electron chi connectivity index (χ4n) is 5.32. The Morgan fingerprint density at radius 1 is 0.795 bits per heavy atom. The molecule has 0 fully saturated rings. The molecule has 4 rings (SSSR count). The molecule has 0 aromatic heterocycles. The third-order valence-electron chi connectivity index (χ3n) is 7.03. The van der Waals surface area contributed by atoms with E-state index in [1.165, 1.54) is 0 Å². The Morgan fingerprint density at radius 2 is 1.38 bits per heavy atom. The van der Waals surface area contributed by atoms with Crippen LogP contribution < -0.4 is 14.2 Å². The summed E-state index contributed by atoms with van der Waals surface area (Å²) in [6.07, 6.45) is 0. The highest BCUT2D eigenvalue weighted by molar-refractivity contribution is 7.91. The molecule has 0 bridgehead atoms. The molecule has 0 amide bonds. The molecule has 7 heteroatoms. The maximum absolute atomic E-state index is 13.5. The molecule has 3 aromatic rings. The summed E-state index contributed by atoms with van der Waals surface area (Å²) in [6.45, 7) is 18.8. The van der Waals surface area contributed by atoms with Crippen molar-refractivity contribution in [2.75, 3.05) is 26.4 Å². The van der Waals surface area contributed by atoms with Gasteiger partial charge in [0.05, 0.1) is 35.0 Å². The molecule has 0 saturated carbocycles. The lowest BCUT2D eigenvalue weighted by molar-refractivity contribution is -0.432. The zero-order valence-electron chi connectivity index (χ0n) is 23.7.